The van der Waals surface area contributed by atoms with Crippen LogP contribution in [-0.4, -0.2) is 30.8 Å². The molecule has 5 aromatic rings. The van der Waals surface area contributed by atoms with E-state index in [1.54, 1.807) is 16.9 Å². The molecule has 0 saturated carbocycles. The fraction of sp³-hybridized carbons (Fsp3) is 0. The van der Waals surface area contributed by atoms with Gasteiger partial charge in [0.05, 0.1) is 0 Å². The Bertz CT molecular complexity index is 1360. The Morgan fingerprint density at radius 3 is 2.60 bits per heavy atom. The van der Waals surface area contributed by atoms with E-state index in [0.29, 0.717) is 5.56 Å². The van der Waals surface area contributed by atoms with Crippen LogP contribution in [0.15, 0.2) is 73.1 Å². The number of anilines is 1. The van der Waals surface area contributed by atoms with E-state index in [0.717, 1.165) is 32.0 Å². The number of fused-ring (bicyclic) bond motifs is 2. The van der Waals surface area contributed by atoms with Crippen molar-refractivity contribution in [2.45, 2.75) is 0 Å². The molecule has 30 heavy (non-hydrogen) atoms. The van der Waals surface area contributed by atoms with Gasteiger partial charge in [0.15, 0.2) is 5.11 Å². The first kappa shape index (κ1) is 18.3. The van der Waals surface area contributed by atoms with Gasteiger partial charge in [-0.2, -0.15) is 9.61 Å². The molecule has 146 valence electrons. The zero-order valence-corrected chi connectivity index (χ0v) is 17.1. The molecule has 0 spiro atoms. The van der Waals surface area contributed by atoms with Gasteiger partial charge in [0.25, 0.3) is 5.91 Å². The van der Waals surface area contributed by atoms with Crippen LogP contribution in [0.4, 0.5) is 5.69 Å². The molecule has 0 fully saturated rings. The zero-order chi connectivity index (χ0) is 20.5. The lowest BCUT2D eigenvalue weighted by Crippen LogP contribution is -2.34. The number of benzene rings is 3. The molecule has 2 heterocycles. The number of hydrogen-bond acceptors (Lipinski definition) is 6. The van der Waals surface area contributed by atoms with Gasteiger partial charge >= 0.3 is 0 Å². The first-order valence-electron chi connectivity index (χ1n) is 9.04. The van der Waals surface area contributed by atoms with Crippen LogP contribution in [0.2, 0.25) is 0 Å². The van der Waals surface area contributed by atoms with E-state index in [1.807, 2.05) is 60.7 Å². The highest BCUT2D eigenvalue weighted by atomic mass is 32.1. The van der Waals surface area contributed by atoms with Gasteiger partial charge in [0.2, 0.25) is 4.96 Å². The lowest BCUT2D eigenvalue weighted by Gasteiger charge is -2.10. The molecule has 0 aliphatic carbocycles. The Morgan fingerprint density at radius 2 is 1.80 bits per heavy atom. The van der Waals surface area contributed by atoms with Crippen LogP contribution in [0, 0.1) is 0 Å². The summed E-state index contributed by atoms with van der Waals surface area (Å²) in [6, 6.07) is 21.1. The summed E-state index contributed by atoms with van der Waals surface area (Å²) in [7, 11) is 0. The number of rotatable bonds is 3. The standard InChI is InChI=1S/C21H14N6OS2/c28-18(16-6-5-13-3-1-2-4-15(13)11-16)24-20(29)23-17-9-7-14(8-10-17)19-26-27-12-22-25-21(27)30-19/h1-12H,(H2,23,24,28,29). The molecule has 1 amide bonds. The second-order valence-corrected chi connectivity index (χ2v) is 7.88. The maximum absolute atomic E-state index is 12.5. The monoisotopic (exact) mass is 430 g/mol. The van der Waals surface area contributed by atoms with Crippen molar-refractivity contribution in [2.75, 3.05) is 5.32 Å². The van der Waals surface area contributed by atoms with E-state index in [1.165, 1.54) is 11.3 Å². The molecule has 7 nitrogen and oxygen atoms in total. The van der Waals surface area contributed by atoms with Crippen molar-refractivity contribution in [3.63, 3.8) is 0 Å². The summed E-state index contributed by atoms with van der Waals surface area (Å²) in [4.78, 5) is 13.3. The Balaban J connectivity index is 1.25. The quantitative estimate of drug-likeness (QED) is 0.419. The molecule has 0 aliphatic heterocycles. The van der Waals surface area contributed by atoms with E-state index in [9.17, 15) is 4.79 Å². The molecule has 0 radical (unpaired) electrons. The van der Waals surface area contributed by atoms with Crippen molar-refractivity contribution in [3.8, 4) is 10.6 Å². The first-order valence-corrected chi connectivity index (χ1v) is 10.3. The van der Waals surface area contributed by atoms with Gasteiger partial charge in [0.1, 0.15) is 11.3 Å². The second kappa shape index (κ2) is 7.62. The van der Waals surface area contributed by atoms with Gasteiger partial charge in [-0.05, 0) is 59.4 Å². The number of thiocarbonyl (C=S) groups is 1. The number of aromatic nitrogens is 4. The molecule has 2 aromatic heterocycles. The van der Waals surface area contributed by atoms with Crippen LogP contribution >= 0.6 is 23.6 Å². The van der Waals surface area contributed by atoms with Crippen molar-refractivity contribution in [3.05, 3.63) is 78.6 Å². The summed E-state index contributed by atoms with van der Waals surface area (Å²) >= 11 is 6.75. The predicted molar refractivity (Wildman–Crippen MR) is 122 cm³/mol. The Kier molecular flexibility index (Phi) is 4.66. The van der Waals surface area contributed by atoms with Gasteiger partial charge in [0, 0.05) is 16.8 Å². The van der Waals surface area contributed by atoms with Crippen molar-refractivity contribution in [1.82, 2.24) is 25.1 Å². The van der Waals surface area contributed by atoms with Crippen molar-refractivity contribution in [2.24, 2.45) is 0 Å². The average molecular weight is 431 g/mol. The zero-order valence-electron chi connectivity index (χ0n) is 15.4. The summed E-state index contributed by atoms with van der Waals surface area (Å²) in [6.45, 7) is 0. The highest BCUT2D eigenvalue weighted by Crippen LogP contribution is 2.25. The van der Waals surface area contributed by atoms with Crippen molar-refractivity contribution in [1.29, 1.82) is 0 Å². The van der Waals surface area contributed by atoms with Crippen LogP contribution in [0.3, 0.4) is 0 Å². The topological polar surface area (TPSA) is 84.2 Å². The number of nitrogens with one attached hydrogen (secondary N) is 2. The van der Waals surface area contributed by atoms with Crippen LogP contribution in [-0.2, 0) is 0 Å². The fourth-order valence-electron chi connectivity index (χ4n) is 3.04. The minimum absolute atomic E-state index is 0.236. The number of nitrogens with zero attached hydrogens (tertiary/aromatic N) is 4. The fourth-order valence-corrected chi connectivity index (χ4v) is 4.08. The lowest BCUT2D eigenvalue weighted by molar-refractivity contribution is 0.0978. The van der Waals surface area contributed by atoms with E-state index >= 15 is 0 Å². The number of hydrogen-bond donors (Lipinski definition) is 2. The molecule has 0 atom stereocenters. The minimum Gasteiger partial charge on any atom is -0.332 e. The third-order valence-electron chi connectivity index (χ3n) is 4.52. The maximum Gasteiger partial charge on any atom is 0.257 e. The molecule has 2 N–H and O–H groups in total. The van der Waals surface area contributed by atoms with Crippen molar-refractivity contribution >= 4 is 56.0 Å². The molecule has 0 aliphatic rings. The van der Waals surface area contributed by atoms with Gasteiger partial charge < -0.3 is 5.32 Å². The minimum atomic E-state index is -0.255. The lowest BCUT2D eigenvalue weighted by atomic mass is 10.1. The highest BCUT2D eigenvalue weighted by molar-refractivity contribution is 7.80. The van der Waals surface area contributed by atoms with Crippen molar-refractivity contribution < 1.29 is 4.79 Å². The number of carbonyl (C=O) groups excluding carboxylic acids is 1. The Labute approximate surface area is 180 Å². The van der Waals surface area contributed by atoms with Gasteiger partial charge in [-0.1, -0.05) is 41.7 Å². The van der Waals surface area contributed by atoms with E-state index in [2.05, 4.69) is 25.9 Å². The normalized spacial score (nSPS) is 10.9. The van der Waals surface area contributed by atoms with Crippen LogP contribution < -0.4 is 10.6 Å². The third kappa shape index (κ3) is 3.63. The molecular weight excluding hydrogens is 416 g/mol. The molecule has 0 bridgehead atoms. The Hall–Kier alpha value is -3.69. The number of carbonyl (C=O) groups is 1. The van der Waals surface area contributed by atoms with Crippen LogP contribution in [0.5, 0.6) is 0 Å². The molecule has 0 unspecified atom stereocenters. The molecule has 3 aromatic carbocycles. The second-order valence-electron chi connectivity index (χ2n) is 6.51. The first-order chi connectivity index (χ1) is 14.7. The molecule has 5 rings (SSSR count). The van der Waals surface area contributed by atoms with E-state index in [-0.39, 0.29) is 11.0 Å². The molecule has 0 saturated heterocycles. The largest absolute Gasteiger partial charge is 0.332 e. The maximum atomic E-state index is 12.5. The predicted octanol–water partition coefficient (Wildman–Crippen LogP) is 4.13. The van der Waals surface area contributed by atoms with Crippen LogP contribution in [0.25, 0.3) is 26.3 Å². The van der Waals surface area contributed by atoms with E-state index < -0.39 is 0 Å². The van der Waals surface area contributed by atoms with Crippen LogP contribution in [0.1, 0.15) is 10.4 Å². The summed E-state index contributed by atoms with van der Waals surface area (Å²) in [5.74, 6) is -0.255. The van der Waals surface area contributed by atoms with E-state index in [4.69, 9.17) is 12.2 Å². The summed E-state index contributed by atoms with van der Waals surface area (Å²) < 4.78 is 1.64. The summed E-state index contributed by atoms with van der Waals surface area (Å²) in [5.41, 5.74) is 2.28. The smallest absolute Gasteiger partial charge is 0.257 e. The third-order valence-corrected chi connectivity index (χ3v) is 5.68. The Morgan fingerprint density at radius 1 is 1.00 bits per heavy atom. The SMILES string of the molecule is O=C(NC(=S)Nc1ccc(-c2nn3cnnc3s2)cc1)c1ccc2ccccc2c1. The average Bonchev–Trinajstić information content (AvgIpc) is 3.36. The molecular formula is C21H14N6OS2. The summed E-state index contributed by atoms with van der Waals surface area (Å²) in [6.07, 6.45) is 1.57. The number of amides is 1. The molecule has 9 heteroatoms. The van der Waals surface area contributed by atoms with Gasteiger partial charge in [-0.25, -0.2) is 0 Å². The summed E-state index contributed by atoms with van der Waals surface area (Å²) in [5, 5.41) is 21.2. The van der Waals surface area contributed by atoms with Gasteiger partial charge in [-0.15, -0.1) is 10.2 Å². The highest BCUT2D eigenvalue weighted by Gasteiger charge is 2.10. The van der Waals surface area contributed by atoms with Gasteiger partial charge in [-0.3, -0.25) is 10.1 Å².